The molecule has 2 N–H and O–H groups in total. The van der Waals surface area contributed by atoms with Gasteiger partial charge < -0.3 is 10.6 Å². The van der Waals surface area contributed by atoms with Crippen LogP contribution < -0.4 is 10.6 Å². The van der Waals surface area contributed by atoms with Crippen LogP contribution in [-0.4, -0.2) is 23.3 Å². The van der Waals surface area contributed by atoms with Crippen LogP contribution in [0.15, 0.2) is 48.8 Å². The Hall–Kier alpha value is -2.76. The maximum atomic E-state index is 13.0. The number of aromatic nitrogens is 1. The molecule has 0 aliphatic rings. The quantitative estimate of drug-likeness (QED) is 0.856. The number of pyridine rings is 1. The number of carbonyl (C=O) groups is 2. The van der Waals surface area contributed by atoms with Gasteiger partial charge in [0.15, 0.2) is 0 Å². The summed E-state index contributed by atoms with van der Waals surface area (Å²) in [6.07, 6.45) is 3.33. The monoisotopic (exact) mass is 329 g/mol. The predicted molar refractivity (Wildman–Crippen MR) is 89.9 cm³/mol. The van der Waals surface area contributed by atoms with Crippen molar-refractivity contribution in [3.05, 3.63) is 60.2 Å². The number of anilines is 1. The van der Waals surface area contributed by atoms with Gasteiger partial charge >= 0.3 is 0 Å². The largest absolute Gasteiger partial charge is 0.355 e. The smallest absolute Gasteiger partial charge is 0.230 e. The van der Waals surface area contributed by atoms with E-state index in [1.54, 1.807) is 50.5 Å². The third-order valence-corrected chi connectivity index (χ3v) is 3.74. The Balaban J connectivity index is 1.84. The van der Waals surface area contributed by atoms with Gasteiger partial charge in [-0.25, -0.2) is 4.39 Å². The van der Waals surface area contributed by atoms with Crippen LogP contribution in [0, 0.1) is 5.82 Å². The molecule has 0 radical (unpaired) electrons. The molecule has 5 nitrogen and oxygen atoms in total. The molecule has 24 heavy (non-hydrogen) atoms. The number of carbonyl (C=O) groups excluding carboxylic acids is 2. The zero-order chi connectivity index (χ0) is 17.6. The van der Waals surface area contributed by atoms with Crippen LogP contribution in [0.4, 0.5) is 10.1 Å². The molecule has 0 aliphatic heterocycles. The van der Waals surface area contributed by atoms with Gasteiger partial charge in [0, 0.05) is 31.0 Å². The first-order chi connectivity index (χ1) is 11.4. The van der Waals surface area contributed by atoms with E-state index in [0.717, 1.165) is 0 Å². The van der Waals surface area contributed by atoms with E-state index in [-0.39, 0.29) is 30.6 Å². The van der Waals surface area contributed by atoms with Gasteiger partial charge in [0.05, 0.1) is 5.41 Å². The summed E-state index contributed by atoms with van der Waals surface area (Å²) in [5, 5.41) is 5.47. The molecule has 0 saturated carbocycles. The van der Waals surface area contributed by atoms with E-state index >= 15 is 0 Å². The van der Waals surface area contributed by atoms with Gasteiger partial charge in [-0.05, 0) is 43.7 Å². The Kier molecular flexibility index (Phi) is 5.63. The fourth-order valence-electron chi connectivity index (χ4n) is 2.17. The molecule has 0 unspecified atom stereocenters. The van der Waals surface area contributed by atoms with Crippen LogP contribution in [0.2, 0.25) is 0 Å². The van der Waals surface area contributed by atoms with Crippen LogP contribution >= 0.6 is 0 Å². The standard InChI is InChI=1S/C18H20FN3O2/c1-18(2,13-3-5-14(19)6-4-13)17(24)21-12-9-16(23)22-15-7-10-20-11-8-15/h3-8,10-11H,9,12H2,1-2H3,(H,21,24)(H,20,22,23). The molecular weight excluding hydrogens is 309 g/mol. The Morgan fingerprint density at radius 2 is 1.71 bits per heavy atom. The first kappa shape index (κ1) is 17.6. The molecule has 0 bridgehead atoms. The first-order valence-electron chi connectivity index (χ1n) is 7.64. The van der Waals surface area contributed by atoms with Gasteiger partial charge in [-0.1, -0.05) is 12.1 Å². The maximum Gasteiger partial charge on any atom is 0.230 e. The van der Waals surface area contributed by atoms with Crippen LogP contribution in [0.25, 0.3) is 0 Å². The molecule has 0 atom stereocenters. The Labute approximate surface area is 140 Å². The number of nitrogens with zero attached hydrogens (tertiary/aromatic N) is 1. The second-order valence-electron chi connectivity index (χ2n) is 5.92. The molecule has 2 amide bonds. The lowest BCUT2D eigenvalue weighted by Crippen LogP contribution is -2.41. The van der Waals surface area contributed by atoms with Crippen LogP contribution in [0.3, 0.4) is 0 Å². The lowest BCUT2D eigenvalue weighted by Gasteiger charge is -2.24. The van der Waals surface area contributed by atoms with Gasteiger partial charge in [0.25, 0.3) is 0 Å². The molecule has 0 spiro atoms. The summed E-state index contributed by atoms with van der Waals surface area (Å²) in [7, 11) is 0. The summed E-state index contributed by atoms with van der Waals surface area (Å²) in [4.78, 5) is 28.0. The van der Waals surface area contributed by atoms with Gasteiger partial charge in [0.1, 0.15) is 5.82 Å². The first-order valence-corrected chi connectivity index (χ1v) is 7.64. The van der Waals surface area contributed by atoms with Crippen molar-refractivity contribution in [1.82, 2.24) is 10.3 Å². The fraction of sp³-hybridized carbons (Fsp3) is 0.278. The molecule has 1 aromatic heterocycles. The van der Waals surface area contributed by atoms with Crippen LogP contribution in [0.1, 0.15) is 25.8 Å². The number of benzene rings is 1. The predicted octanol–water partition coefficient (Wildman–Crippen LogP) is 2.64. The van der Waals surface area contributed by atoms with E-state index < -0.39 is 5.41 Å². The number of halogens is 1. The average Bonchev–Trinajstić information content (AvgIpc) is 2.56. The van der Waals surface area contributed by atoms with Crippen molar-refractivity contribution in [2.45, 2.75) is 25.7 Å². The van der Waals surface area contributed by atoms with E-state index in [1.807, 2.05) is 0 Å². The molecule has 1 heterocycles. The molecule has 1 aromatic carbocycles. The van der Waals surface area contributed by atoms with E-state index in [1.165, 1.54) is 12.1 Å². The molecule has 2 aromatic rings. The molecule has 2 rings (SSSR count). The molecular formula is C18H20FN3O2. The summed E-state index contributed by atoms with van der Waals surface area (Å²) in [6, 6.07) is 9.21. The highest BCUT2D eigenvalue weighted by Crippen LogP contribution is 2.23. The van der Waals surface area contributed by atoms with E-state index in [4.69, 9.17) is 0 Å². The summed E-state index contributed by atoms with van der Waals surface area (Å²) < 4.78 is 13.0. The number of nitrogens with one attached hydrogen (secondary N) is 2. The minimum atomic E-state index is -0.810. The Bertz CT molecular complexity index is 700. The van der Waals surface area contributed by atoms with Crippen molar-refractivity contribution in [1.29, 1.82) is 0 Å². The highest BCUT2D eigenvalue weighted by molar-refractivity contribution is 5.91. The molecule has 0 fully saturated rings. The van der Waals surface area contributed by atoms with Crippen molar-refractivity contribution in [3.63, 3.8) is 0 Å². The van der Waals surface area contributed by atoms with Gasteiger partial charge in [-0.2, -0.15) is 0 Å². The maximum absolute atomic E-state index is 13.0. The van der Waals surface area contributed by atoms with E-state index in [0.29, 0.717) is 11.3 Å². The Morgan fingerprint density at radius 1 is 1.08 bits per heavy atom. The highest BCUT2D eigenvalue weighted by Gasteiger charge is 2.29. The molecule has 126 valence electrons. The fourth-order valence-corrected chi connectivity index (χ4v) is 2.17. The van der Waals surface area contributed by atoms with E-state index in [2.05, 4.69) is 15.6 Å². The lowest BCUT2D eigenvalue weighted by atomic mass is 9.83. The lowest BCUT2D eigenvalue weighted by molar-refractivity contribution is -0.125. The minimum Gasteiger partial charge on any atom is -0.355 e. The number of hydrogen-bond acceptors (Lipinski definition) is 3. The molecule has 0 saturated heterocycles. The zero-order valence-corrected chi connectivity index (χ0v) is 13.7. The summed E-state index contributed by atoms with van der Waals surface area (Å²) in [6.45, 7) is 3.74. The van der Waals surface area contributed by atoms with E-state index in [9.17, 15) is 14.0 Å². The number of hydrogen-bond donors (Lipinski definition) is 2. The van der Waals surface area contributed by atoms with Crippen LogP contribution in [-0.2, 0) is 15.0 Å². The second kappa shape index (κ2) is 7.68. The highest BCUT2D eigenvalue weighted by atomic mass is 19.1. The van der Waals surface area contributed by atoms with Gasteiger partial charge in [-0.15, -0.1) is 0 Å². The molecule has 6 heteroatoms. The summed E-state index contributed by atoms with van der Waals surface area (Å²) >= 11 is 0. The number of amides is 2. The zero-order valence-electron chi connectivity index (χ0n) is 13.7. The topological polar surface area (TPSA) is 71.1 Å². The van der Waals surface area contributed by atoms with Crippen molar-refractivity contribution in [2.24, 2.45) is 0 Å². The molecule has 0 aliphatic carbocycles. The summed E-state index contributed by atoms with van der Waals surface area (Å²) in [5.74, 6) is -0.755. The second-order valence-corrected chi connectivity index (χ2v) is 5.92. The van der Waals surface area contributed by atoms with Crippen molar-refractivity contribution >= 4 is 17.5 Å². The normalized spacial score (nSPS) is 11.0. The van der Waals surface area contributed by atoms with Crippen molar-refractivity contribution < 1.29 is 14.0 Å². The minimum absolute atomic E-state index is 0.160. The third kappa shape index (κ3) is 4.62. The Morgan fingerprint density at radius 3 is 2.33 bits per heavy atom. The van der Waals surface area contributed by atoms with Crippen molar-refractivity contribution in [3.8, 4) is 0 Å². The number of rotatable bonds is 6. The average molecular weight is 329 g/mol. The SMILES string of the molecule is CC(C)(C(=O)NCCC(=O)Nc1ccncc1)c1ccc(F)cc1. The summed E-state index contributed by atoms with van der Waals surface area (Å²) in [5.41, 5.74) is 0.561. The third-order valence-electron chi connectivity index (χ3n) is 3.74. The van der Waals surface area contributed by atoms with Crippen LogP contribution in [0.5, 0.6) is 0 Å². The van der Waals surface area contributed by atoms with Gasteiger partial charge in [-0.3, -0.25) is 14.6 Å². The van der Waals surface area contributed by atoms with Gasteiger partial charge in [0.2, 0.25) is 11.8 Å². The van der Waals surface area contributed by atoms with Crippen molar-refractivity contribution in [2.75, 3.05) is 11.9 Å².